The second-order valence-electron chi connectivity index (χ2n) is 8.09. The molecule has 30 heavy (non-hydrogen) atoms. The molecule has 2 aromatic carbocycles. The topological polar surface area (TPSA) is 76.6 Å². The van der Waals surface area contributed by atoms with Gasteiger partial charge in [0, 0.05) is 43.3 Å². The summed E-state index contributed by atoms with van der Waals surface area (Å²) in [5.41, 5.74) is 1.47. The fraction of sp³-hybridized carbons (Fsp3) is 0.304. The molecule has 2 heterocycles. The van der Waals surface area contributed by atoms with Crippen molar-refractivity contribution >= 4 is 22.7 Å². The zero-order chi connectivity index (χ0) is 20.9. The van der Waals surface area contributed by atoms with E-state index in [0.29, 0.717) is 50.1 Å². The number of aromatic amines is 1. The molecule has 0 unspecified atom stereocenters. The molecule has 1 saturated carbocycles. The molecule has 3 aromatic rings. The standard InChI is InChI=1S/C23H22FN3O3/c24-19-14-18(13-17-5-8-25-20(17)19)15-1-3-16(4-2-15)21(28)26-9-11-27(12-10-26)22(29)23(30)6-7-23/h1-5,8,13-14,25,30H,6-7,9-12H2. The van der Waals surface area contributed by atoms with Gasteiger partial charge < -0.3 is 19.9 Å². The normalized spacial score (nSPS) is 17.9. The van der Waals surface area contributed by atoms with Crippen LogP contribution < -0.4 is 0 Å². The number of nitrogens with one attached hydrogen (secondary N) is 1. The first-order valence-electron chi connectivity index (χ1n) is 10.1. The van der Waals surface area contributed by atoms with Crippen molar-refractivity contribution in [2.75, 3.05) is 26.2 Å². The summed E-state index contributed by atoms with van der Waals surface area (Å²) in [6, 6.07) is 12.4. The van der Waals surface area contributed by atoms with Gasteiger partial charge in [0.25, 0.3) is 11.8 Å². The number of piperazine rings is 1. The van der Waals surface area contributed by atoms with E-state index in [9.17, 15) is 19.1 Å². The number of halogens is 1. The fourth-order valence-electron chi connectivity index (χ4n) is 4.02. The Bertz CT molecular complexity index is 1130. The maximum Gasteiger partial charge on any atom is 0.254 e. The van der Waals surface area contributed by atoms with Crippen LogP contribution in [0.5, 0.6) is 0 Å². The Hall–Kier alpha value is -3.19. The second-order valence-corrected chi connectivity index (χ2v) is 8.09. The van der Waals surface area contributed by atoms with Crippen LogP contribution in [-0.4, -0.2) is 63.5 Å². The van der Waals surface area contributed by atoms with Crippen LogP contribution in [0.15, 0.2) is 48.7 Å². The molecule has 2 aliphatic rings. The first kappa shape index (κ1) is 18.8. The predicted molar refractivity (Wildman–Crippen MR) is 110 cm³/mol. The van der Waals surface area contributed by atoms with Crippen molar-refractivity contribution < 1.29 is 19.1 Å². The molecule has 1 saturated heterocycles. The maximum absolute atomic E-state index is 14.2. The van der Waals surface area contributed by atoms with Crippen molar-refractivity contribution in [1.29, 1.82) is 0 Å². The summed E-state index contributed by atoms with van der Waals surface area (Å²) in [5, 5.41) is 10.8. The van der Waals surface area contributed by atoms with Gasteiger partial charge >= 0.3 is 0 Å². The van der Waals surface area contributed by atoms with E-state index in [2.05, 4.69) is 4.98 Å². The minimum Gasteiger partial charge on any atom is -0.380 e. The number of aromatic nitrogens is 1. The lowest BCUT2D eigenvalue weighted by Gasteiger charge is -2.35. The minimum atomic E-state index is -1.16. The van der Waals surface area contributed by atoms with Crippen molar-refractivity contribution in [2.24, 2.45) is 0 Å². The molecule has 2 fully saturated rings. The molecule has 0 spiro atoms. The molecule has 0 bridgehead atoms. The van der Waals surface area contributed by atoms with Crippen LogP contribution in [0.4, 0.5) is 4.39 Å². The Morgan fingerprint density at radius 3 is 2.27 bits per heavy atom. The van der Waals surface area contributed by atoms with Crippen molar-refractivity contribution in [3.8, 4) is 11.1 Å². The quantitative estimate of drug-likeness (QED) is 0.701. The molecule has 2 amide bonds. The number of carbonyl (C=O) groups excluding carboxylic acids is 2. The monoisotopic (exact) mass is 407 g/mol. The van der Waals surface area contributed by atoms with Gasteiger partial charge in [-0.15, -0.1) is 0 Å². The molecule has 6 nitrogen and oxygen atoms in total. The number of amides is 2. The highest BCUT2D eigenvalue weighted by Gasteiger charge is 2.50. The largest absolute Gasteiger partial charge is 0.380 e. The number of fused-ring (bicyclic) bond motifs is 1. The van der Waals surface area contributed by atoms with E-state index in [1.807, 2.05) is 24.3 Å². The molecule has 1 aromatic heterocycles. The van der Waals surface area contributed by atoms with Gasteiger partial charge in [-0.25, -0.2) is 4.39 Å². The van der Waals surface area contributed by atoms with Crippen LogP contribution in [0, 0.1) is 5.82 Å². The number of H-pyrrole nitrogens is 1. The lowest BCUT2D eigenvalue weighted by atomic mass is 10.0. The lowest BCUT2D eigenvalue weighted by molar-refractivity contribution is -0.143. The number of benzene rings is 2. The maximum atomic E-state index is 14.2. The van der Waals surface area contributed by atoms with E-state index < -0.39 is 5.60 Å². The average Bonchev–Trinajstić information content (AvgIpc) is 3.34. The zero-order valence-corrected chi connectivity index (χ0v) is 16.4. The van der Waals surface area contributed by atoms with Crippen molar-refractivity contribution in [3.63, 3.8) is 0 Å². The summed E-state index contributed by atoms with van der Waals surface area (Å²) in [4.78, 5) is 31.3. The molecule has 7 heteroatoms. The van der Waals surface area contributed by atoms with E-state index in [1.54, 1.807) is 28.1 Å². The zero-order valence-electron chi connectivity index (χ0n) is 16.4. The Morgan fingerprint density at radius 1 is 0.933 bits per heavy atom. The third-order valence-corrected chi connectivity index (χ3v) is 6.05. The number of carbonyl (C=O) groups is 2. The van der Waals surface area contributed by atoms with Gasteiger partial charge in [0.05, 0.1) is 5.52 Å². The Kier molecular flexibility index (Phi) is 4.36. The summed E-state index contributed by atoms with van der Waals surface area (Å²) in [6.45, 7) is 1.75. The number of hydrogen-bond donors (Lipinski definition) is 2. The van der Waals surface area contributed by atoms with E-state index in [0.717, 1.165) is 16.5 Å². The van der Waals surface area contributed by atoms with E-state index in [1.165, 1.54) is 6.07 Å². The van der Waals surface area contributed by atoms with Gasteiger partial charge in [0.15, 0.2) is 0 Å². The van der Waals surface area contributed by atoms with Crippen LogP contribution in [0.1, 0.15) is 23.2 Å². The summed E-state index contributed by atoms with van der Waals surface area (Å²) >= 11 is 0. The van der Waals surface area contributed by atoms with Crippen LogP contribution in [0.3, 0.4) is 0 Å². The molecule has 1 aliphatic heterocycles. The Labute approximate surface area is 172 Å². The van der Waals surface area contributed by atoms with Gasteiger partial charge in [0.1, 0.15) is 11.4 Å². The minimum absolute atomic E-state index is 0.0916. The second kappa shape index (κ2) is 6.95. The average molecular weight is 407 g/mol. The number of hydrogen-bond acceptors (Lipinski definition) is 3. The van der Waals surface area contributed by atoms with E-state index >= 15 is 0 Å². The number of rotatable bonds is 3. The fourth-order valence-corrected chi connectivity index (χ4v) is 4.02. The van der Waals surface area contributed by atoms with Gasteiger partial charge in [-0.05, 0) is 54.3 Å². The Morgan fingerprint density at radius 2 is 1.60 bits per heavy atom. The van der Waals surface area contributed by atoms with Crippen LogP contribution in [-0.2, 0) is 4.79 Å². The summed E-state index contributed by atoms with van der Waals surface area (Å²) in [5.74, 6) is -0.618. The number of aliphatic hydroxyl groups is 1. The smallest absolute Gasteiger partial charge is 0.254 e. The predicted octanol–water partition coefficient (Wildman–Crippen LogP) is 2.78. The first-order chi connectivity index (χ1) is 14.4. The van der Waals surface area contributed by atoms with Gasteiger partial charge in [0.2, 0.25) is 0 Å². The highest BCUT2D eigenvalue weighted by Crippen LogP contribution is 2.37. The van der Waals surface area contributed by atoms with Crippen molar-refractivity contribution in [3.05, 3.63) is 60.0 Å². The SMILES string of the molecule is O=C(c1ccc(-c2cc(F)c3[nH]ccc3c2)cc1)N1CCN(C(=O)C2(O)CC2)CC1. The van der Waals surface area contributed by atoms with Gasteiger partial charge in [-0.3, -0.25) is 9.59 Å². The molecule has 1 aliphatic carbocycles. The highest BCUT2D eigenvalue weighted by atomic mass is 19.1. The lowest BCUT2D eigenvalue weighted by Crippen LogP contribution is -2.53. The van der Waals surface area contributed by atoms with Crippen molar-refractivity contribution in [1.82, 2.24) is 14.8 Å². The molecule has 2 N–H and O–H groups in total. The Balaban J connectivity index is 1.27. The molecular formula is C23H22FN3O3. The van der Waals surface area contributed by atoms with Crippen molar-refractivity contribution in [2.45, 2.75) is 18.4 Å². The number of nitrogens with zero attached hydrogens (tertiary/aromatic N) is 2. The third kappa shape index (κ3) is 3.25. The molecule has 154 valence electrons. The van der Waals surface area contributed by atoms with E-state index in [4.69, 9.17) is 0 Å². The van der Waals surface area contributed by atoms with Crippen LogP contribution in [0.25, 0.3) is 22.0 Å². The van der Waals surface area contributed by atoms with Crippen LogP contribution in [0.2, 0.25) is 0 Å². The molecule has 5 rings (SSSR count). The summed E-state index contributed by atoms with van der Waals surface area (Å²) in [6.07, 6.45) is 2.76. The summed E-state index contributed by atoms with van der Waals surface area (Å²) < 4.78 is 14.2. The highest BCUT2D eigenvalue weighted by molar-refractivity contribution is 5.95. The van der Waals surface area contributed by atoms with Crippen LogP contribution >= 0.6 is 0 Å². The summed E-state index contributed by atoms with van der Waals surface area (Å²) in [7, 11) is 0. The van der Waals surface area contributed by atoms with Gasteiger partial charge in [-0.1, -0.05) is 12.1 Å². The van der Waals surface area contributed by atoms with Gasteiger partial charge in [-0.2, -0.15) is 0 Å². The molecular weight excluding hydrogens is 385 g/mol. The third-order valence-electron chi connectivity index (χ3n) is 6.05. The molecule has 0 radical (unpaired) electrons. The molecule has 0 atom stereocenters. The van der Waals surface area contributed by atoms with E-state index in [-0.39, 0.29) is 17.6 Å². The first-order valence-corrected chi connectivity index (χ1v) is 10.1.